The molecule has 0 aliphatic carbocycles. The minimum atomic E-state index is -0.0214. The van der Waals surface area contributed by atoms with Gasteiger partial charge in [-0.3, -0.25) is 4.79 Å². The number of benzene rings is 1. The first-order chi connectivity index (χ1) is 9.56. The van der Waals surface area contributed by atoms with Crippen LogP contribution < -0.4 is 5.32 Å². The lowest BCUT2D eigenvalue weighted by molar-refractivity contribution is -0.117. The fraction of sp³-hybridized carbons (Fsp3) is 0.438. The fourth-order valence-electron chi connectivity index (χ4n) is 1.60. The van der Waals surface area contributed by atoms with Crippen molar-refractivity contribution in [1.82, 2.24) is 0 Å². The summed E-state index contributed by atoms with van der Waals surface area (Å²) in [5.41, 5.74) is 1.33. The summed E-state index contributed by atoms with van der Waals surface area (Å²) >= 11 is 5.94. The van der Waals surface area contributed by atoms with E-state index in [0.29, 0.717) is 35.0 Å². The van der Waals surface area contributed by atoms with E-state index in [-0.39, 0.29) is 12.5 Å². The molecule has 1 aromatic rings. The van der Waals surface area contributed by atoms with Crippen LogP contribution in [-0.2, 0) is 4.79 Å². The number of hydrogen-bond donors (Lipinski definition) is 2. The Morgan fingerprint density at radius 3 is 2.90 bits per heavy atom. The van der Waals surface area contributed by atoms with E-state index in [1.165, 1.54) is 0 Å². The standard InChI is InChI=1S/C16H20ClNO2/c1-3-12(2)10-16(20)18-15-8-7-14(17)11-13(15)6-4-5-9-19/h7-8,11-12,19H,3,5,9-10H2,1-2H3,(H,18,20). The lowest BCUT2D eigenvalue weighted by Gasteiger charge is -2.11. The quantitative estimate of drug-likeness (QED) is 0.817. The number of anilines is 1. The van der Waals surface area contributed by atoms with Crippen molar-refractivity contribution in [2.75, 3.05) is 11.9 Å². The summed E-state index contributed by atoms with van der Waals surface area (Å²) in [6, 6.07) is 5.18. The molecular formula is C16H20ClNO2. The van der Waals surface area contributed by atoms with Crippen LogP contribution >= 0.6 is 11.6 Å². The fourth-order valence-corrected chi connectivity index (χ4v) is 1.78. The predicted molar refractivity (Wildman–Crippen MR) is 82.7 cm³/mol. The lowest BCUT2D eigenvalue weighted by Crippen LogP contribution is -2.15. The monoisotopic (exact) mass is 293 g/mol. The summed E-state index contributed by atoms with van der Waals surface area (Å²) < 4.78 is 0. The van der Waals surface area contributed by atoms with Gasteiger partial charge in [-0.05, 0) is 24.1 Å². The molecule has 20 heavy (non-hydrogen) atoms. The first kappa shape index (κ1) is 16.6. The predicted octanol–water partition coefficient (Wildman–Crippen LogP) is 3.45. The van der Waals surface area contributed by atoms with E-state index in [2.05, 4.69) is 24.1 Å². The summed E-state index contributed by atoms with van der Waals surface area (Å²) in [5.74, 6) is 6.08. The number of rotatable bonds is 5. The van der Waals surface area contributed by atoms with Gasteiger partial charge >= 0.3 is 0 Å². The molecule has 0 aliphatic heterocycles. The molecule has 4 heteroatoms. The van der Waals surface area contributed by atoms with Crippen molar-refractivity contribution in [2.45, 2.75) is 33.1 Å². The van der Waals surface area contributed by atoms with Crippen LogP contribution in [0.5, 0.6) is 0 Å². The average molecular weight is 294 g/mol. The zero-order valence-electron chi connectivity index (χ0n) is 11.9. The number of amides is 1. The molecule has 108 valence electrons. The number of hydrogen-bond acceptors (Lipinski definition) is 2. The van der Waals surface area contributed by atoms with Gasteiger partial charge in [-0.25, -0.2) is 0 Å². The number of aliphatic hydroxyl groups excluding tert-OH is 1. The second-order valence-corrected chi connectivity index (χ2v) is 5.17. The Labute approximate surface area is 125 Å². The Balaban J connectivity index is 2.84. The topological polar surface area (TPSA) is 49.3 Å². The SMILES string of the molecule is CCC(C)CC(=O)Nc1ccc(Cl)cc1C#CCCO. The molecule has 3 nitrogen and oxygen atoms in total. The molecule has 2 N–H and O–H groups in total. The van der Waals surface area contributed by atoms with Crippen LogP contribution in [0.2, 0.25) is 5.02 Å². The molecule has 0 saturated carbocycles. The van der Waals surface area contributed by atoms with E-state index in [4.69, 9.17) is 16.7 Å². The maximum Gasteiger partial charge on any atom is 0.224 e. The van der Waals surface area contributed by atoms with Crippen molar-refractivity contribution in [2.24, 2.45) is 5.92 Å². The highest BCUT2D eigenvalue weighted by Gasteiger charge is 2.09. The zero-order chi connectivity index (χ0) is 15.0. The van der Waals surface area contributed by atoms with Gasteiger partial charge < -0.3 is 10.4 Å². The Morgan fingerprint density at radius 1 is 1.50 bits per heavy atom. The zero-order valence-corrected chi connectivity index (χ0v) is 12.6. The van der Waals surface area contributed by atoms with Gasteiger partial charge in [-0.2, -0.15) is 0 Å². The molecular weight excluding hydrogens is 274 g/mol. The average Bonchev–Trinajstić information content (AvgIpc) is 2.41. The van der Waals surface area contributed by atoms with Crippen LogP contribution in [-0.4, -0.2) is 17.6 Å². The van der Waals surface area contributed by atoms with Crippen molar-refractivity contribution in [3.63, 3.8) is 0 Å². The summed E-state index contributed by atoms with van der Waals surface area (Å²) in [7, 11) is 0. The van der Waals surface area contributed by atoms with E-state index >= 15 is 0 Å². The Bertz CT molecular complexity index is 517. The molecule has 1 amide bonds. The van der Waals surface area contributed by atoms with Gasteiger partial charge in [0.05, 0.1) is 12.3 Å². The molecule has 0 saturated heterocycles. The van der Waals surface area contributed by atoms with Crippen LogP contribution in [0.3, 0.4) is 0 Å². The van der Waals surface area contributed by atoms with Gasteiger partial charge in [0.25, 0.3) is 0 Å². The van der Waals surface area contributed by atoms with Crippen LogP contribution in [0.4, 0.5) is 5.69 Å². The van der Waals surface area contributed by atoms with Crippen molar-refractivity contribution < 1.29 is 9.90 Å². The summed E-state index contributed by atoms with van der Waals surface area (Å²) in [5, 5.41) is 12.2. The van der Waals surface area contributed by atoms with Crippen LogP contribution in [0.15, 0.2) is 18.2 Å². The minimum Gasteiger partial charge on any atom is -0.395 e. The highest BCUT2D eigenvalue weighted by molar-refractivity contribution is 6.30. The molecule has 1 rings (SSSR count). The summed E-state index contributed by atoms with van der Waals surface area (Å²) in [6.45, 7) is 4.12. The molecule has 0 aromatic heterocycles. The first-order valence-electron chi connectivity index (χ1n) is 6.76. The molecule has 0 aliphatic rings. The van der Waals surface area contributed by atoms with Gasteiger partial charge in [0, 0.05) is 23.4 Å². The normalized spacial score (nSPS) is 11.4. The lowest BCUT2D eigenvalue weighted by atomic mass is 10.0. The number of aliphatic hydroxyl groups is 1. The van der Waals surface area contributed by atoms with E-state index in [0.717, 1.165) is 6.42 Å². The highest BCUT2D eigenvalue weighted by Crippen LogP contribution is 2.20. The molecule has 1 unspecified atom stereocenters. The molecule has 0 spiro atoms. The largest absolute Gasteiger partial charge is 0.395 e. The van der Waals surface area contributed by atoms with Crippen LogP contribution in [0.1, 0.15) is 38.7 Å². The molecule has 0 heterocycles. The minimum absolute atomic E-state index is 0.0171. The number of halogens is 1. The maximum atomic E-state index is 11.9. The van der Waals surface area contributed by atoms with Gasteiger partial charge in [-0.1, -0.05) is 43.7 Å². The maximum absolute atomic E-state index is 11.9. The van der Waals surface area contributed by atoms with E-state index in [9.17, 15) is 4.79 Å². The molecule has 0 fully saturated rings. The van der Waals surface area contributed by atoms with Crippen LogP contribution in [0, 0.1) is 17.8 Å². The van der Waals surface area contributed by atoms with Gasteiger partial charge in [0.1, 0.15) is 0 Å². The Hall–Kier alpha value is -1.50. The second-order valence-electron chi connectivity index (χ2n) is 4.73. The molecule has 1 aromatic carbocycles. The number of carbonyl (C=O) groups is 1. The smallest absolute Gasteiger partial charge is 0.224 e. The molecule has 0 bridgehead atoms. The van der Waals surface area contributed by atoms with Crippen molar-refractivity contribution in [3.8, 4) is 11.8 Å². The third kappa shape index (κ3) is 5.64. The van der Waals surface area contributed by atoms with E-state index < -0.39 is 0 Å². The van der Waals surface area contributed by atoms with Gasteiger partial charge in [0.15, 0.2) is 0 Å². The summed E-state index contributed by atoms with van der Waals surface area (Å²) in [6.07, 6.45) is 1.85. The van der Waals surface area contributed by atoms with Gasteiger partial charge in [-0.15, -0.1) is 0 Å². The van der Waals surface area contributed by atoms with Crippen molar-refractivity contribution >= 4 is 23.2 Å². The van der Waals surface area contributed by atoms with Crippen molar-refractivity contribution in [3.05, 3.63) is 28.8 Å². The summed E-state index contributed by atoms with van der Waals surface area (Å²) in [4.78, 5) is 11.9. The van der Waals surface area contributed by atoms with Crippen molar-refractivity contribution in [1.29, 1.82) is 0 Å². The van der Waals surface area contributed by atoms with E-state index in [1.807, 2.05) is 6.92 Å². The molecule has 1 atom stereocenters. The first-order valence-corrected chi connectivity index (χ1v) is 7.13. The van der Waals surface area contributed by atoms with Gasteiger partial charge in [0.2, 0.25) is 5.91 Å². The number of carbonyl (C=O) groups excluding carboxylic acids is 1. The third-order valence-corrected chi connectivity index (χ3v) is 3.18. The Morgan fingerprint density at radius 2 is 2.25 bits per heavy atom. The third-order valence-electron chi connectivity index (χ3n) is 2.95. The van der Waals surface area contributed by atoms with Crippen LogP contribution in [0.25, 0.3) is 0 Å². The number of nitrogens with one attached hydrogen (secondary N) is 1. The Kier molecular flexibility index (Phi) is 7.14. The second kappa shape index (κ2) is 8.63. The van der Waals surface area contributed by atoms with E-state index in [1.54, 1.807) is 18.2 Å². The molecule has 0 radical (unpaired) electrons. The highest BCUT2D eigenvalue weighted by atomic mass is 35.5.